The number of ketones is 1. The molecular weight excluding hydrogens is 203 g/mol. The Morgan fingerprint density at radius 1 is 1.25 bits per heavy atom. The van der Waals surface area contributed by atoms with Crippen LogP contribution in [0.1, 0.15) is 43.0 Å². The minimum absolute atomic E-state index is 0.409. The van der Waals surface area contributed by atoms with Crippen molar-refractivity contribution in [3.63, 3.8) is 0 Å². The molecule has 0 unspecified atom stereocenters. The molecule has 86 valence electrons. The summed E-state index contributed by atoms with van der Waals surface area (Å²) in [6, 6.07) is 8.53. The van der Waals surface area contributed by atoms with Crippen molar-refractivity contribution in [2.75, 3.05) is 0 Å². The molecule has 0 atom stereocenters. The second-order valence-electron chi connectivity index (χ2n) is 3.74. The third-order valence-electron chi connectivity index (χ3n) is 2.38. The van der Waals surface area contributed by atoms with Crippen LogP contribution in [0.4, 0.5) is 4.39 Å². The Morgan fingerprint density at radius 3 is 2.56 bits per heavy atom. The zero-order valence-electron chi connectivity index (χ0n) is 9.58. The first kappa shape index (κ1) is 12.6. The predicted octanol–water partition coefficient (Wildman–Crippen LogP) is 4.30. The van der Waals surface area contributed by atoms with Gasteiger partial charge in [0.05, 0.1) is 0 Å². The summed E-state index contributed by atoms with van der Waals surface area (Å²) < 4.78 is 13.4. The molecule has 0 spiro atoms. The number of carbonyl (C=O) groups excluding carboxylic acids is 1. The van der Waals surface area contributed by atoms with Crippen molar-refractivity contribution >= 4 is 5.78 Å². The fourth-order valence-electron chi connectivity index (χ4n) is 1.44. The van der Waals surface area contributed by atoms with E-state index in [4.69, 9.17) is 0 Å². The molecule has 1 rings (SSSR count). The third-order valence-corrected chi connectivity index (χ3v) is 2.38. The van der Waals surface area contributed by atoms with Crippen LogP contribution in [0.5, 0.6) is 0 Å². The molecule has 0 aliphatic rings. The zero-order valence-corrected chi connectivity index (χ0v) is 9.58. The van der Waals surface area contributed by atoms with E-state index in [1.165, 1.54) is 6.08 Å². The Balaban J connectivity index is 2.54. The summed E-state index contributed by atoms with van der Waals surface area (Å²) in [5, 5.41) is 0. The number of rotatable bonds is 6. The second kappa shape index (κ2) is 6.94. The van der Waals surface area contributed by atoms with E-state index in [9.17, 15) is 9.18 Å². The van der Waals surface area contributed by atoms with E-state index in [2.05, 4.69) is 6.92 Å². The standard InChI is InChI=1S/C14H17FO/c1-2-3-4-8-11-13(15)14(16)12-9-6-5-7-10-12/h5-7,9-11H,2-4,8H2,1H3/b13-11-. The van der Waals surface area contributed by atoms with Crippen LogP contribution < -0.4 is 0 Å². The zero-order chi connectivity index (χ0) is 11.8. The van der Waals surface area contributed by atoms with Gasteiger partial charge in [-0.3, -0.25) is 4.79 Å². The summed E-state index contributed by atoms with van der Waals surface area (Å²) >= 11 is 0. The van der Waals surface area contributed by atoms with Gasteiger partial charge in [0.25, 0.3) is 0 Å². The number of allylic oxidation sites excluding steroid dienone is 2. The van der Waals surface area contributed by atoms with Gasteiger partial charge in [0.15, 0.2) is 5.83 Å². The fraction of sp³-hybridized carbons (Fsp3) is 0.357. The maximum atomic E-state index is 13.4. The molecule has 0 fully saturated rings. The molecular formula is C14H17FO. The maximum absolute atomic E-state index is 13.4. The van der Waals surface area contributed by atoms with E-state index >= 15 is 0 Å². The second-order valence-corrected chi connectivity index (χ2v) is 3.74. The monoisotopic (exact) mass is 220 g/mol. The van der Waals surface area contributed by atoms with E-state index in [-0.39, 0.29) is 0 Å². The summed E-state index contributed by atoms with van der Waals surface area (Å²) in [6.07, 6.45) is 5.14. The topological polar surface area (TPSA) is 17.1 Å². The van der Waals surface area contributed by atoms with Crippen molar-refractivity contribution in [1.29, 1.82) is 0 Å². The number of unbranched alkanes of at least 4 members (excludes halogenated alkanes) is 3. The Kier molecular flexibility index (Phi) is 5.48. The van der Waals surface area contributed by atoms with E-state index in [0.29, 0.717) is 12.0 Å². The molecule has 1 nitrogen and oxygen atoms in total. The highest BCUT2D eigenvalue weighted by Crippen LogP contribution is 2.11. The molecule has 0 aliphatic carbocycles. The van der Waals surface area contributed by atoms with Gasteiger partial charge in [0, 0.05) is 5.56 Å². The first-order valence-corrected chi connectivity index (χ1v) is 5.71. The van der Waals surface area contributed by atoms with Gasteiger partial charge in [-0.2, -0.15) is 0 Å². The van der Waals surface area contributed by atoms with Crippen LogP contribution in [-0.2, 0) is 0 Å². The molecule has 0 amide bonds. The smallest absolute Gasteiger partial charge is 0.221 e. The largest absolute Gasteiger partial charge is 0.286 e. The normalized spacial score (nSPS) is 11.5. The van der Waals surface area contributed by atoms with Crippen molar-refractivity contribution in [3.05, 3.63) is 47.8 Å². The number of hydrogen-bond acceptors (Lipinski definition) is 1. The molecule has 0 radical (unpaired) electrons. The van der Waals surface area contributed by atoms with E-state index < -0.39 is 11.6 Å². The van der Waals surface area contributed by atoms with Gasteiger partial charge in [-0.15, -0.1) is 0 Å². The van der Waals surface area contributed by atoms with Gasteiger partial charge in [0.1, 0.15) is 0 Å². The average molecular weight is 220 g/mol. The van der Waals surface area contributed by atoms with Crippen LogP contribution in [0.15, 0.2) is 42.2 Å². The van der Waals surface area contributed by atoms with E-state index in [0.717, 1.165) is 19.3 Å². The molecule has 0 bridgehead atoms. The predicted molar refractivity (Wildman–Crippen MR) is 64.1 cm³/mol. The van der Waals surface area contributed by atoms with Crippen molar-refractivity contribution in [2.24, 2.45) is 0 Å². The fourth-order valence-corrected chi connectivity index (χ4v) is 1.44. The highest BCUT2D eigenvalue weighted by molar-refractivity contribution is 6.07. The summed E-state index contributed by atoms with van der Waals surface area (Å²) in [7, 11) is 0. The van der Waals surface area contributed by atoms with Gasteiger partial charge in [-0.05, 0) is 18.9 Å². The molecule has 0 saturated carbocycles. The maximum Gasteiger partial charge on any atom is 0.221 e. The number of benzene rings is 1. The molecule has 1 aromatic carbocycles. The lowest BCUT2D eigenvalue weighted by Crippen LogP contribution is -1.98. The summed E-state index contributed by atoms with van der Waals surface area (Å²) in [5.41, 5.74) is 0.409. The van der Waals surface area contributed by atoms with Crippen molar-refractivity contribution in [1.82, 2.24) is 0 Å². The van der Waals surface area contributed by atoms with E-state index in [1.807, 2.05) is 0 Å². The quantitative estimate of drug-likeness (QED) is 0.397. The molecule has 16 heavy (non-hydrogen) atoms. The van der Waals surface area contributed by atoms with Crippen LogP contribution >= 0.6 is 0 Å². The number of hydrogen-bond donors (Lipinski definition) is 0. The number of halogens is 1. The van der Waals surface area contributed by atoms with Crippen LogP contribution in [0.3, 0.4) is 0 Å². The first-order chi connectivity index (χ1) is 7.75. The summed E-state index contributed by atoms with van der Waals surface area (Å²) in [5.74, 6) is -1.15. The van der Waals surface area contributed by atoms with Gasteiger partial charge >= 0.3 is 0 Å². The van der Waals surface area contributed by atoms with Crippen LogP contribution in [0.2, 0.25) is 0 Å². The van der Waals surface area contributed by atoms with Gasteiger partial charge in [0.2, 0.25) is 5.78 Å². The van der Waals surface area contributed by atoms with Crippen molar-refractivity contribution < 1.29 is 9.18 Å². The first-order valence-electron chi connectivity index (χ1n) is 5.71. The van der Waals surface area contributed by atoms with Gasteiger partial charge < -0.3 is 0 Å². The number of carbonyl (C=O) groups is 1. The van der Waals surface area contributed by atoms with E-state index in [1.54, 1.807) is 30.3 Å². The molecule has 0 aliphatic heterocycles. The Labute approximate surface area is 96.0 Å². The molecule has 0 heterocycles. The Morgan fingerprint density at radius 2 is 1.94 bits per heavy atom. The minimum atomic E-state index is -0.637. The van der Waals surface area contributed by atoms with Crippen LogP contribution in [0.25, 0.3) is 0 Å². The Hall–Kier alpha value is -1.44. The molecule has 0 aromatic heterocycles. The highest BCUT2D eigenvalue weighted by Gasteiger charge is 2.10. The Bertz CT molecular complexity index is 354. The molecule has 0 saturated heterocycles. The van der Waals surface area contributed by atoms with Gasteiger partial charge in [-0.25, -0.2) is 4.39 Å². The van der Waals surface area contributed by atoms with Crippen LogP contribution in [-0.4, -0.2) is 5.78 Å². The van der Waals surface area contributed by atoms with Crippen LogP contribution in [0, 0.1) is 0 Å². The van der Waals surface area contributed by atoms with Crippen molar-refractivity contribution in [2.45, 2.75) is 32.6 Å². The summed E-state index contributed by atoms with van der Waals surface area (Å²) in [6.45, 7) is 2.09. The SMILES string of the molecule is CCCCC/C=C(\F)C(=O)c1ccccc1. The third kappa shape index (κ3) is 3.97. The van der Waals surface area contributed by atoms with Crippen molar-refractivity contribution in [3.8, 4) is 0 Å². The average Bonchev–Trinajstić information content (AvgIpc) is 2.34. The molecule has 0 N–H and O–H groups in total. The van der Waals surface area contributed by atoms with Gasteiger partial charge in [-0.1, -0.05) is 50.1 Å². The molecule has 1 aromatic rings. The lowest BCUT2D eigenvalue weighted by Gasteiger charge is -1.98. The summed E-state index contributed by atoms with van der Waals surface area (Å²) in [4.78, 5) is 11.6. The number of Topliss-reactive ketones (excluding diaryl/α,β-unsaturated/α-hetero) is 1. The lowest BCUT2D eigenvalue weighted by atomic mass is 10.1. The molecule has 2 heteroatoms. The minimum Gasteiger partial charge on any atom is -0.286 e. The highest BCUT2D eigenvalue weighted by atomic mass is 19.1. The lowest BCUT2D eigenvalue weighted by molar-refractivity contribution is 0.100.